The van der Waals surface area contributed by atoms with Gasteiger partial charge in [-0.25, -0.2) is 18.5 Å². The highest BCUT2D eigenvalue weighted by Crippen LogP contribution is 2.04. The van der Waals surface area contributed by atoms with E-state index >= 15 is 0 Å². The second kappa shape index (κ2) is 3.80. The third-order valence-corrected chi connectivity index (χ3v) is 2.27. The van der Waals surface area contributed by atoms with Gasteiger partial charge in [-0.15, -0.1) is 0 Å². The van der Waals surface area contributed by atoms with Crippen LogP contribution in [-0.2, 0) is 16.4 Å². The number of nitrogens with two attached hydrogens (primary N) is 1. The van der Waals surface area contributed by atoms with Gasteiger partial charge in [-0.2, -0.15) is 4.39 Å². The van der Waals surface area contributed by atoms with Crippen LogP contribution in [0, 0.1) is 5.95 Å². The summed E-state index contributed by atoms with van der Waals surface area (Å²) in [7, 11) is -3.53. The first-order valence-electron chi connectivity index (χ1n) is 3.59. The lowest BCUT2D eigenvalue weighted by Crippen LogP contribution is -2.18. The molecule has 1 aromatic heterocycles. The highest BCUT2D eigenvalue weighted by molar-refractivity contribution is 7.89. The van der Waals surface area contributed by atoms with Gasteiger partial charge in [-0.3, -0.25) is 0 Å². The van der Waals surface area contributed by atoms with Crippen molar-refractivity contribution in [1.29, 1.82) is 0 Å². The Morgan fingerprint density at radius 1 is 1.54 bits per heavy atom. The summed E-state index contributed by atoms with van der Waals surface area (Å²) in [5.41, 5.74) is 0.261. The molecule has 0 atom stereocenters. The first-order chi connectivity index (χ1) is 5.99. The maximum absolute atomic E-state index is 12.8. The Hall–Kier alpha value is -1.01. The monoisotopic (exact) mass is 204 g/mol. The van der Waals surface area contributed by atoms with E-state index < -0.39 is 16.0 Å². The van der Waals surface area contributed by atoms with Crippen molar-refractivity contribution in [2.24, 2.45) is 5.14 Å². The van der Waals surface area contributed by atoms with E-state index in [9.17, 15) is 12.8 Å². The lowest BCUT2D eigenvalue weighted by Gasteiger charge is -1.99. The number of hydrogen-bond acceptors (Lipinski definition) is 3. The molecule has 4 nitrogen and oxygen atoms in total. The lowest BCUT2D eigenvalue weighted by atomic mass is 10.2. The molecule has 2 N–H and O–H groups in total. The Kier molecular flexibility index (Phi) is 2.94. The minimum absolute atomic E-state index is 0.0541. The first kappa shape index (κ1) is 10.1. The SMILES string of the molecule is NS(=O)(=O)CCc1cccnc1F. The van der Waals surface area contributed by atoms with Crippen LogP contribution in [0.15, 0.2) is 18.3 Å². The molecule has 6 heteroatoms. The normalized spacial score (nSPS) is 11.5. The van der Waals surface area contributed by atoms with Crippen molar-refractivity contribution in [3.05, 3.63) is 29.8 Å². The second-order valence-electron chi connectivity index (χ2n) is 2.57. The Balaban J connectivity index is 2.71. The van der Waals surface area contributed by atoms with Crippen LogP contribution in [0.2, 0.25) is 0 Å². The van der Waals surface area contributed by atoms with Crippen molar-refractivity contribution in [2.75, 3.05) is 5.75 Å². The summed E-state index contributed by atoms with van der Waals surface area (Å²) in [5, 5.41) is 4.76. The zero-order valence-corrected chi connectivity index (χ0v) is 7.59. The molecule has 0 aliphatic rings. The average Bonchev–Trinajstić information content (AvgIpc) is 2.01. The maximum atomic E-state index is 12.8. The molecule has 0 aliphatic carbocycles. The summed E-state index contributed by atoms with van der Waals surface area (Å²) in [6, 6.07) is 3.02. The molecular weight excluding hydrogens is 195 g/mol. The van der Waals surface area contributed by atoms with Gasteiger partial charge in [0.2, 0.25) is 16.0 Å². The van der Waals surface area contributed by atoms with E-state index in [0.717, 1.165) is 0 Å². The molecule has 13 heavy (non-hydrogen) atoms. The number of nitrogens with zero attached hydrogens (tertiary/aromatic N) is 1. The molecule has 0 saturated carbocycles. The fourth-order valence-corrected chi connectivity index (χ4v) is 1.36. The Morgan fingerprint density at radius 3 is 2.77 bits per heavy atom. The molecule has 0 unspecified atom stereocenters. The van der Waals surface area contributed by atoms with Gasteiger partial charge in [0.1, 0.15) is 0 Å². The van der Waals surface area contributed by atoms with Crippen molar-refractivity contribution in [1.82, 2.24) is 4.98 Å². The average molecular weight is 204 g/mol. The van der Waals surface area contributed by atoms with Crippen LogP contribution < -0.4 is 5.14 Å². The third kappa shape index (κ3) is 3.47. The van der Waals surface area contributed by atoms with Crippen molar-refractivity contribution < 1.29 is 12.8 Å². The van der Waals surface area contributed by atoms with Gasteiger partial charge >= 0.3 is 0 Å². The Morgan fingerprint density at radius 2 is 2.23 bits per heavy atom. The molecule has 1 aromatic rings. The van der Waals surface area contributed by atoms with Gasteiger partial charge in [-0.05, 0) is 12.5 Å². The number of halogens is 1. The maximum Gasteiger partial charge on any atom is 0.216 e. The van der Waals surface area contributed by atoms with E-state index in [0.29, 0.717) is 0 Å². The van der Waals surface area contributed by atoms with Gasteiger partial charge in [0.25, 0.3) is 0 Å². The fourth-order valence-electron chi connectivity index (χ4n) is 0.858. The van der Waals surface area contributed by atoms with Gasteiger partial charge in [0, 0.05) is 11.8 Å². The van der Waals surface area contributed by atoms with Crippen LogP contribution in [0.5, 0.6) is 0 Å². The quantitative estimate of drug-likeness (QED) is 0.707. The number of sulfonamides is 1. The molecule has 72 valence electrons. The molecule has 0 aliphatic heterocycles. The molecule has 1 heterocycles. The van der Waals surface area contributed by atoms with E-state index in [1.165, 1.54) is 12.3 Å². The first-order valence-corrected chi connectivity index (χ1v) is 5.30. The van der Waals surface area contributed by atoms with Crippen LogP contribution >= 0.6 is 0 Å². The largest absolute Gasteiger partial charge is 0.229 e. The summed E-state index contributed by atoms with van der Waals surface area (Å²) in [5.74, 6) is -0.915. The lowest BCUT2D eigenvalue weighted by molar-refractivity contribution is 0.566. The number of rotatable bonds is 3. The number of pyridine rings is 1. The van der Waals surface area contributed by atoms with E-state index in [-0.39, 0.29) is 17.7 Å². The van der Waals surface area contributed by atoms with Crippen LogP contribution in [0.25, 0.3) is 0 Å². The smallest absolute Gasteiger partial charge is 0.216 e. The van der Waals surface area contributed by atoms with Gasteiger partial charge in [0.05, 0.1) is 5.75 Å². The van der Waals surface area contributed by atoms with Crippen LogP contribution in [-0.4, -0.2) is 19.2 Å². The summed E-state index contributed by atoms with van der Waals surface area (Å²) in [6.45, 7) is 0. The topological polar surface area (TPSA) is 73.1 Å². The molecule has 0 radical (unpaired) electrons. The van der Waals surface area contributed by atoms with Crippen molar-refractivity contribution in [3.63, 3.8) is 0 Å². The molecular formula is C7H9FN2O2S. The van der Waals surface area contributed by atoms with Crippen molar-refractivity contribution >= 4 is 10.0 Å². The number of aromatic nitrogens is 1. The van der Waals surface area contributed by atoms with E-state index in [1.54, 1.807) is 6.07 Å². The molecule has 0 amide bonds. The van der Waals surface area contributed by atoms with E-state index in [1.807, 2.05) is 0 Å². The van der Waals surface area contributed by atoms with E-state index in [2.05, 4.69) is 4.98 Å². The second-order valence-corrected chi connectivity index (χ2v) is 4.30. The molecule has 0 spiro atoms. The zero-order valence-electron chi connectivity index (χ0n) is 6.77. The van der Waals surface area contributed by atoms with Crippen LogP contribution in [0.3, 0.4) is 0 Å². The van der Waals surface area contributed by atoms with Gasteiger partial charge < -0.3 is 0 Å². The van der Waals surface area contributed by atoms with Gasteiger partial charge in [0.15, 0.2) is 0 Å². The molecule has 0 fully saturated rings. The van der Waals surface area contributed by atoms with E-state index in [4.69, 9.17) is 5.14 Å². The molecule has 0 bridgehead atoms. The predicted octanol–water partition coefficient (Wildman–Crippen LogP) is 0.0517. The number of hydrogen-bond donors (Lipinski definition) is 1. The molecule has 0 saturated heterocycles. The Bertz CT molecular complexity index is 391. The van der Waals surface area contributed by atoms with Crippen LogP contribution in [0.1, 0.15) is 5.56 Å². The van der Waals surface area contributed by atoms with Crippen molar-refractivity contribution in [2.45, 2.75) is 6.42 Å². The summed E-state index contributed by atoms with van der Waals surface area (Å²) >= 11 is 0. The molecule has 0 aromatic carbocycles. The van der Waals surface area contributed by atoms with Crippen LogP contribution in [0.4, 0.5) is 4.39 Å². The fraction of sp³-hybridized carbons (Fsp3) is 0.286. The summed E-state index contributed by atoms with van der Waals surface area (Å²) < 4.78 is 33.9. The number of aryl methyl sites for hydroxylation is 1. The summed E-state index contributed by atoms with van der Waals surface area (Å²) in [6.07, 6.45) is 1.36. The third-order valence-electron chi connectivity index (χ3n) is 1.49. The highest BCUT2D eigenvalue weighted by atomic mass is 32.2. The predicted molar refractivity (Wildman–Crippen MR) is 45.9 cm³/mol. The minimum atomic E-state index is -3.53. The number of primary sulfonamides is 1. The Labute approximate surface area is 75.6 Å². The van der Waals surface area contributed by atoms with Crippen molar-refractivity contribution in [3.8, 4) is 0 Å². The summed E-state index contributed by atoms with van der Waals surface area (Å²) in [4.78, 5) is 3.38. The highest BCUT2D eigenvalue weighted by Gasteiger charge is 2.07. The standard InChI is InChI=1S/C7H9FN2O2S/c8-7-6(2-1-4-10-7)3-5-13(9,11)12/h1-2,4H,3,5H2,(H2,9,11,12). The zero-order chi connectivity index (χ0) is 9.90. The van der Waals surface area contributed by atoms with Gasteiger partial charge in [-0.1, -0.05) is 6.07 Å². The minimum Gasteiger partial charge on any atom is -0.229 e. The molecule has 1 rings (SSSR count).